The highest BCUT2D eigenvalue weighted by Gasteiger charge is 2.43. The second kappa shape index (κ2) is 15.6. The molecule has 5 rings (SSSR count). The van der Waals surface area contributed by atoms with Crippen LogP contribution in [0.15, 0.2) is 67.3 Å². The molecule has 242 valence electrons. The minimum Gasteiger partial charge on any atom is -0.480 e. The summed E-state index contributed by atoms with van der Waals surface area (Å²) < 4.78 is 0. The van der Waals surface area contributed by atoms with Crippen molar-refractivity contribution in [1.82, 2.24) is 14.7 Å². The number of carbonyl (C=O) groups is 2. The minimum absolute atomic E-state index is 0.0523. The van der Waals surface area contributed by atoms with Gasteiger partial charge in [0.2, 0.25) is 5.91 Å². The smallest absolute Gasteiger partial charge is 0.321 e. The van der Waals surface area contributed by atoms with Crippen molar-refractivity contribution in [1.29, 1.82) is 0 Å². The maximum Gasteiger partial charge on any atom is 0.321 e. The van der Waals surface area contributed by atoms with Gasteiger partial charge in [-0.05, 0) is 55.1 Å². The van der Waals surface area contributed by atoms with E-state index in [4.69, 9.17) is 0 Å². The van der Waals surface area contributed by atoms with Crippen molar-refractivity contribution >= 4 is 17.6 Å². The Labute approximate surface area is 267 Å². The van der Waals surface area contributed by atoms with Gasteiger partial charge in [-0.3, -0.25) is 24.6 Å². The number of hydrogen-bond donors (Lipinski definition) is 1. The lowest BCUT2D eigenvalue weighted by atomic mass is 9.83. The van der Waals surface area contributed by atoms with E-state index in [2.05, 4.69) is 40.6 Å². The minimum atomic E-state index is -0.671. The van der Waals surface area contributed by atoms with Crippen LogP contribution < -0.4 is 0 Å². The number of nitro groups is 1. The largest absolute Gasteiger partial charge is 0.480 e. The van der Waals surface area contributed by atoms with E-state index < -0.39 is 16.9 Å². The Kier molecular flexibility index (Phi) is 11.4. The number of carboxylic acids is 1. The van der Waals surface area contributed by atoms with Gasteiger partial charge in [-0.1, -0.05) is 67.8 Å². The van der Waals surface area contributed by atoms with Crippen LogP contribution in [0.25, 0.3) is 0 Å². The van der Waals surface area contributed by atoms with Crippen LogP contribution in [0.4, 0.5) is 5.69 Å². The summed E-state index contributed by atoms with van der Waals surface area (Å²) in [5.74, 6) is 0.297. The first-order valence-corrected chi connectivity index (χ1v) is 16.7. The average molecular weight is 617 g/mol. The molecule has 3 fully saturated rings. The van der Waals surface area contributed by atoms with Crippen LogP contribution in [0.1, 0.15) is 68.4 Å². The monoisotopic (exact) mass is 616 g/mol. The predicted octanol–water partition coefficient (Wildman–Crippen LogP) is 5.76. The number of nitrogens with zero attached hydrogens (tertiary/aromatic N) is 4. The summed E-state index contributed by atoms with van der Waals surface area (Å²) in [6, 6.07) is 16.8. The first-order chi connectivity index (χ1) is 21.8. The molecule has 0 aromatic heterocycles. The van der Waals surface area contributed by atoms with Crippen LogP contribution >= 0.6 is 0 Å². The number of likely N-dealkylation sites (tertiary alicyclic amines) is 2. The van der Waals surface area contributed by atoms with Gasteiger partial charge in [0, 0.05) is 69.8 Å². The second-order valence-electron chi connectivity index (χ2n) is 13.2. The summed E-state index contributed by atoms with van der Waals surface area (Å²) in [5.41, 5.74) is 2.26. The van der Waals surface area contributed by atoms with Gasteiger partial charge in [0.25, 0.3) is 5.69 Å². The molecule has 2 heterocycles. The fourth-order valence-corrected chi connectivity index (χ4v) is 8.02. The van der Waals surface area contributed by atoms with Gasteiger partial charge in [-0.25, -0.2) is 0 Å². The number of aliphatic carboxylic acids is 1. The van der Waals surface area contributed by atoms with Crippen LogP contribution in [0.2, 0.25) is 0 Å². The van der Waals surface area contributed by atoms with E-state index in [1.807, 2.05) is 11.0 Å². The maximum atomic E-state index is 13.3. The predicted molar refractivity (Wildman–Crippen MR) is 175 cm³/mol. The van der Waals surface area contributed by atoms with Crippen LogP contribution in [0.5, 0.6) is 0 Å². The highest BCUT2D eigenvalue weighted by molar-refractivity contribution is 5.77. The lowest BCUT2D eigenvalue weighted by molar-refractivity contribution is -0.384. The van der Waals surface area contributed by atoms with Gasteiger partial charge in [-0.15, -0.1) is 6.58 Å². The molecule has 2 aromatic rings. The molecule has 3 atom stereocenters. The average Bonchev–Trinajstić information content (AvgIpc) is 3.46. The molecular formula is C36H48N4O5. The van der Waals surface area contributed by atoms with E-state index in [0.29, 0.717) is 31.2 Å². The van der Waals surface area contributed by atoms with Gasteiger partial charge in [0.05, 0.1) is 4.92 Å². The zero-order valence-electron chi connectivity index (χ0n) is 26.3. The Bertz CT molecular complexity index is 1290. The van der Waals surface area contributed by atoms with Crippen LogP contribution in [-0.2, 0) is 16.0 Å². The fourth-order valence-electron chi connectivity index (χ4n) is 8.02. The van der Waals surface area contributed by atoms with E-state index in [9.17, 15) is 24.8 Å². The van der Waals surface area contributed by atoms with Crippen molar-refractivity contribution in [3.63, 3.8) is 0 Å². The Balaban J connectivity index is 1.19. The van der Waals surface area contributed by atoms with Gasteiger partial charge in [0.15, 0.2) is 0 Å². The van der Waals surface area contributed by atoms with Gasteiger partial charge >= 0.3 is 5.97 Å². The second-order valence-corrected chi connectivity index (χ2v) is 13.2. The van der Waals surface area contributed by atoms with E-state index >= 15 is 0 Å². The Hall–Kier alpha value is -3.56. The lowest BCUT2D eigenvalue weighted by Crippen LogP contribution is -2.49. The first kappa shape index (κ1) is 32.8. The number of non-ortho nitro benzene ring substituents is 1. The molecule has 1 aliphatic carbocycles. The van der Waals surface area contributed by atoms with Crippen molar-refractivity contribution < 1.29 is 19.6 Å². The quantitative estimate of drug-likeness (QED) is 0.173. The molecule has 45 heavy (non-hydrogen) atoms. The topological polar surface area (TPSA) is 107 Å². The normalized spacial score (nSPS) is 22.6. The summed E-state index contributed by atoms with van der Waals surface area (Å²) in [7, 11) is 0. The summed E-state index contributed by atoms with van der Waals surface area (Å²) in [5, 5.41) is 21.3. The zero-order valence-corrected chi connectivity index (χ0v) is 26.3. The number of benzene rings is 2. The van der Waals surface area contributed by atoms with Crippen molar-refractivity contribution in [3.05, 3.63) is 88.5 Å². The van der Waals surface area contributed by atoms with Crippen molar-refractivity contribution in [2.24, 2.45) is 11.8 Å². The van der Waals surface area contributed by atoms with Crippen LogP contribution in [0.3, 0.4) is 0 Å². The van der Waals surface area contributed by atoms with E-state index in [1.54, 1.807) is 18.2 Å². The third-order valence-corrected chi connectivity index (χ3v) is 10.4. The standard InChI is InChI=1S/C36H48N4O5/c1-2-21-39(34(41)18-15-27-13-16-32(17-14-27)40(44)45)31-19-22-37(23-20-31)24-30-25-38(26-33(30)28-9-5-3-6-10-28)35(36(42)43)29-11-7-4-8-12-29/h2-3,5-6,9-10,13-14,16-17,29-31,33,35H,1,4,7-8,11-12,15,18-26H2,(H,42,43). The summed E-state index contributed by atoms with van der Waals surface area (Å²) in [4.78, 5) is 43.2. The SMILES string of the molecule is C=CCN(C(=O)CCc1ccc([N+](=O)[O-])cc1)C1CCN(CC2CN(C(C(=O)O)C3CCCCC3)CC2c2ccccc2)CC1. The number of nitro benzene ring substituents is 1. The van der Waals surface area contributed by atoms with E-state index in [-0.39, 0.29) is 23.6 Å². The van der Waals surface area contributed by atoms with Gasteiger partial charge in [-0.2, -0.15) is 0 Å². The molecule has 2 aliphatic heterocycles. The number of piperidine rings is 1. The molecule has 0 radical (unpaired) electrons. The van der Waals surface area contributed by atoms with E-state index in [1.165, 1.54) is 24.1 Å². The number of aryl methyl sites for hydroxylation is 1. The molecule has 2 aromatic carbocycles. The molecular weight excluding hydrogens is 568 g/mol. The molecule has 0 spiro atoms. The van der Waals surface area contributed by atoms with Crippen molar-refractivity contribution in [3.8, 4) is 0 Å². The molecule has 3 unspecified atom stereocenters. The number of hydrogen-bond acceptors (Lipinski definition) is 6. The van der Waals surface area contributed by atoms with Gasteiger partial charge in [0.1, 0.15) is 6.04 Å². The van der Waals surface area contributed by atoms with E-state index in [0.717, 1.165) is 76.8 Å². The molecule has 9 nitrogen and oxygen atoms in total. The van der Waals surface area contributed by atoms with Crippen LogP contribution in [0, 0.1) is 22.0 Å². The maximum absolute atomic E-state index is 13.3. The molecule has 0 bridgehead atoms. The van der Waals surface area contributed by atoms with Crippen molar-refractivity contribution in [2.75, 3.05) is 39.3 Å². The number of carbonyl (C=O) groups excluding carboxylic acids is 1. The molecule has 2 saturated heterocycles. The zero-order chi connectivity index (χ0) is 31.8. The van der Waals surface area contributed by atoms with Gasteiger partial charge < -0.3 is 14.9 Å². The lowest BCUT2D eigenvalue weighted by Gasteiger charge is -2.39. The Morgan fingerprint density at radius 2 is 1.69 bits per heavy atom. The Morgan fingerprint density at radius 3 is 2.31 bits per heavy atom. The molecule has 1 amide bonds. The first-order valence-electron chi connectivity index (χ1n) is 16.7. The van der Waals surface area contributed by atoms with Crippen LogP contribution in [-0.4, -0.2) is 88.0 Å². The molecule has 1 saturated carbocycles. The molecule has 1 N–H and O–H groups in total. The third kappa shape index (κ3) is 8.38. The fraction of sp³-hybridized carbons (Fsp3) is 0.556. The highest BCUT2D eigenvalue weighted by Crippen LogP contribution is 2.38. The number of rotatable bonds is 13. The highest BCUT2D eigenvalue weighted by atomic mass is 16.6. The molecule has 9 heteroatoms. The summed E-state index contributed by atoms with van der Waals surface area (Å²) >= 11 is 0. The summed E-state index contributed by atoms with van der Waals surface area (Å²) in [6.45, 7) is 8.72. The molecule has 3 aliphatic rings. The summed E-state index contributed by atoms with van der Waals surface area (Å²) in [6.07, 6.45) is 9.96. The van der Waals surface area contributed by atoms with Crippen molar-refractivity contribution in [2.45, 2.75) is 75.8 Å². The number of amides is 1. The third-order valence-electron chi connectivity index (χ3n) is 10.4. The number of carboxylic acid groups (broad SMARTS) is 1. The Morgan fingerprint density at radius 1 is 1.00 bits per heavy atom.